The SMILES string of the molecule is CNc1cnc(N2CCCC2)c2ccccc12. The number of anilines is 2. The first-order valence-corrected chi connectivity index (χ1v) is 6.20. The molecule has 1 fully saturated rings. The molecule has 88 valence electrons. The van der Waals surface area contributed by atoms with E-state index in [4.69, 9.17) is 0 Å². The van der Waals surface area contributed by atoms with E-state index < -0.39 is 0 Å². The Labute approximate surface area is 101 Å². The fourth-order valence-corrected chi connectivity index (χ4v) is 2.56. The second kappa shape index (κ2) is 4.24. The monoisotopic (exact) mass is 227 g/mol. The van der Waals surface area contributed by atoms with Crippen molar-refractivity contribution in [3.63, 3.8) is 0 Å². The number of fused-ring (bicyclic) bond motifs is 1. The van der Waals surface area contributed by atoms with Gasteiger partial charge in [0.05, 0.1) is 11.9 Å². The maximum Gasteiger partial charge on any atom is 0.136 e. The van der Waals surface area contributed by atoms with Gasteiger partial charge >= 0.3 is 0 Å². The average Bonchev–Trinajstić information content (AvgIpc) is 2.91. The molecule has 3 heteroatoms. The quantitative estimate of drug-likeness (QED) is 0.855. The molecular formula is C14H17N3. The third kappa shape index (κ3) is 1.71. The van der Waals surface area contributed by atoms with Gasteiger partial charge in [0.15, 0.2) is 0 Å². The van der Waals surface area contributed by atoms with Gasteiger partial charge in [-0.25, -0.2) is 4.98 Å². The Balaban J connectivity index is 2.19. The topological polar surface area (TPSA) is 28.2 Å². The molecule has 3 nitrogen and oxygen atoms in total. The second-order valence-corrected chi connectivity index (χ2v) is 4.49. The van der Waals surface area contributed by atoms with Crippen LogP contribution in [0.1, 0.15) is 12.8 Å². The van der Waals surface area contributed by atoms with Gasteiger partial charge in [0, 0.05) is 30.9 Å². The van der Waals surface area contributed by atoms with Crippen LogP contribution in [-0.2, 0) is 0 Å². The first kappa shape index (κ1) is 10.4. The standard InChI is InChI=1S/C14H17N3/c1-15-13-10-16-14(17-8-4-5-9-17)12-7-3-2-6-11(12)13/h2-3,6-7,10,15H,4-5,8-9H2,1H3. The Morgan fingerprint density at radius 2 is 1.82 bits per heavy atom. The molecule has 0 spiro atoms. The fraction of sp³-hybridized carbons (Fsp3) is 0.357. The number of pyridine rings is 1. The van der Waals surface area contributed by atoms with Crippen LogP contribution in [0.25, 0.3) is 10.8 Å². The summed E-state index contributed by atoms with van der Waals surface area (Å²) in [6.07, 6.45) is 4.50. The molecule has 0 amide bonds. The summed E-state index contributed by atoms with van der Waals surface area (Å²) >= 11 is 0. The van der Waals surface area contributed by atoms with E-state index in [-0.39, 0.29) is 0 Å². The summed E-state index contributed by atoms with van der Waals surface area (Å²) in [6, 6.07) is 8.49. The van der Waals surface area contributed by atoms with Gasteiger partial charge in [0.2, 0.25) is 0 Å². The van der Waals surface area contributed by atoms with Crippen molar-refractivity contribution >= 4 is 22.3 Å². The van der Waals surface area contributed by atoms with E-state index in [2.05, 4.69) is 39.5 Å². The molecule has 1 N–H and O–H groups in total. The summed E-state index contributed by atoms with van der Waals surface area (Å²) in [5, 5.41) is 5.71. The highest BCUT2D eigenvalue weighted by Crippen LogP contribution is 2.31. The lowest BCUT2D eigenvalue weighted by atomic mass is 10.1. The van der Waals surface area contributed by atoms with Gasteiger partial charge in [0.25, 0.3) is 0 Å². The van der Waals surface area contributed by atoms with E-state index in [9.17, 15) is 0 Å². The number of benzene rings is 1. The fourth-order valence-electron chi connectivity index (χ4n) is 2.56. The van der Waals surface area contributed by atoms with Gasteiger partial charge < -0.3 is 10.2 Å². The third-order valence-electron chi connectivity index (χ3n) is 3.45. The van der Waals surface area contributed by atoms with Crippen LogP contribution in [-0.4, -0.2) is 25.1 Å². The Bertz CT molecular complexity index is 530. The molecule has 1 saturated heterocycles. The summed E-state index contributed by atoms with van der Waals surface area (Å²) in [7, 11) is 1.94. The Hall–Kier alpha value is -1.77. The molecule has 2 aromatic rings. The number of nitrogens with one attached hydrogen (secondary N) is 1. The zero-order valence-corrected chi connectivity index (χ0v) is 10.1. The first-order chi connectivity index (χ1) is 8.40. The van der Waals surface area contributed by atoms with Crippen molar-refractivity contribution in [2.45, 2.75) is 12.8 Å². The van der Waals surface area contributed by atoms with Crippen LogP contribution in [0.2, 0.25) is 0 Å². The van der Waals surface area contributed by atoms with Crippen molar-refractivity contribution in [3.8, 4) is 0 Å². The van der Waals surface area contributed by atoms with E-state index in [0.29, 0.717) is 0 Å². The normalized spacial score (nSPS) is 15.5. The zero-order valence-electron chi connectivity index (χ0n) is 10.1. The zero-order chi connectivity index (χ0) is 11.7. The number of rotatable bonds is 2. The van der Waals surface area contributed by atoms with E-state index in [1.807, 2.05) is 13.2 Å². The molecule has 0 atom stereocenters. The molecule has 2 heterocycles. The van der Waals surface area contributed by atoms with Gasteiger partial charge in [-0.2, -0.15) is 0 Å². The maximum absolute atomic E-state index is 4.62. The van der Waals surface area contributed by atoms with Crippen LogP contribution < -0.4 is 10.2 Å². The molecular weight excluding hydrogens is 210 g/mol. The highest BCUT2D eigenvalue weighted by atomic mass is 15.2. The van der Waals surface area contributed by atoms with Crippen molar-refractivity contribution in [1.82, 2.24) is 4.98 Å². The summed E-state index contributed by atoms with van der Waals surface area (Å²) in [4.78, 5) is 7.01. The minimum Gasteiger partial charge on any atom is -0.386 e. The van der Waals surface area contributed by atoms with Crippen molar-refractivity contribution in [1.29, 1.82) is 0 Å². The van der Waals surface area contributed by atoms with Gasteiger partial charge in [-0.15, -0.1) is 0 Å². The number of hydrogen-bond acceptors (Lipinski definition) is 3. The van der Waals surface area contributed by atoms with E-state index in [0.717, 1.165) is 24.6 Å². The van der Waals surface area contributed by atoms with Crippen molar-refractivity contribution in [2.75, 3.05) is 30.4 Å². The Morgan fingerprint density at radius 3 is 2.53 bits per heavy atom. The molecule has 3 rings (SSSR count). The number of nitrogens with zero attached hydrogens (tertiary/aromatic N) is 2. The first-order valence-electron chi connectivity index (χ1n) is 6.20. The molecule has 1 aliphatic heterocycles. The molecule has 0 unspecified atom stereocenters. The van der Waals surface area contributed by atoms with Crippen LogP contribution in [0.3, 0.4) is 0 Å². The highest BCUT2D eigenvalue weighted by molar-refractivity contribution is 6.00. The summed E-state index contributed by atoms with van der Waals surface area (Å²) in [6.45, 7) is 2.27. The molecule has 1 aromatic heterocycles. The summed E-state index contributed by atoms with van der Waals surface area (Å²) in [5.41, 5.74) is 1.10. The summed E-state index contributed by atoms with van der Waals surface area (Å²) in [5.74, 6) is 1.14. The molecule has 0 bridgehead atoms. The average molecular weight is 227 g/mol. The minimum absolute atomic E-state index is 1.10. The van der Waals surface area contributed by atoms with Crippen molar-refractivity contribution in [2.24, 2.45) is 0 Å². The lowest BCUT2D eigenvalue weighted by Gasteiger charge is -2.19. The van der Waals surface area contributed by atoms with Gasteiger partial charge in [-0.3, -0.25) is 0 Å². The highest BCUT2D eigenvalue weighted by Gasteiger charge is 2.16. The smallest absolute Gasteiger partial charge is 0.136 e. The van der Waals surface area contributed by atoms with Gasteiger partial charge in [0.1, 0.15) is 5.82 Å². The molecule has 0 aliphatic carbocycles. The minimum atomic E-state index is 1.10. The lowest BCUT2D eigenvalue weighted by molar-refractivity contribution is 0.946. The third-order valence-corrected chi connectivity index (χ3v) is 3.45. The number of hydrogen-bond donors (Lipinski definition) is 1. The molecule has 1 aromatic carbocycles. The molecule has 17 heavy (non-hydrogen) atoms. The molecule has 0 radical (unpaired) electrons. The maximum atomic E-state index is 4.62. The number of aromatic nitrogens is 1. The predicted octanol–water partition coefficient (Wildman–Crippen LogP) is 2.88. The summed E-state index contributed by atoms with van der Waals surface area (Å²) < 4.78 is 0. The predicted molar refractivity (Wildman–Crippen MR) is 72.7 cm³/mol. The second-order valence-electron chi connectivity index (χ2n) is 4.49. The van der Waals surface area contributed by atoms with Crippen LogP contribution in [0.15, 0.2) is 30.5 Å². The van der Waals surface area contributed by atoms with Gasteiger partial charge in [-0.05, 0) is 12.8 Å². The van der Waals surface area contributed by atoms with E-state index in [1.165, 1.54) is 23.6 Å². The van der Waals surface area contributed by atoms with E-state index in [1.54, 1.807) is 0 Å². The van der Waals surface area contributed by atoms with Crippen LogP contribution in [0.5, 0.6) is 0 Å². The van der Waals surface area contributed by atoms with Crippen LogP contribution >= 0.6 is 0 Å². The van der Waals surface area contributed by atoms with E-state index >= 15 is 0 Å². The molecule has 0 saturated carbocycles. The van der Waals surface area contributed by atoms with Gasteiger partial charge in [-0.1, -0.05) is 24.3 Å². The van der Waals surface area contributed by atoms with Crippen molar-refractivity contribution < 1.29 is 0 Å². The Morgan fingerprint density at radius 1 is 1.12 bits per heavy atom. The lowest BCUT2D eigenvalue weighted by Crippen LogP contribution is -2.19. The van der Waals surface area contributed by atoms with Crippen LogP contribution in [0, 0.1) is 0 Å². The van der Waals surface area contributed by atoms with Crippen molar-refractivity contribution in [3.05, 3.63) is 30.5 Å². The molecule has 1 aliphatic rings. The largest absolute Gasteiger partial charge is 0.386 e. The Kier molecular flexibility index (Phi) is 2.59. The van der Waals surface area contributed by atoms with Crippen LogP contribution in [0.4, 0.5) is 11.5 Å².